The van der Waals surface area contributed by atoms with Gasteiger partial charge < -0.3 is 10.1 Å². The summed E-state index contributed by atoms with van der Waals surface area (Å²) in [5.41, 5.74) is 1.97. The number of carbonyl (C=O) groups is 2. The summed E-state index contributed by atoms with van der Waals surface area (Å²) in [7, 11) is 0. The molecule has 1 fully saturated rings. The SMILES string of the molecule is Cc1cc(C)cc(OCCN2C(=O)N[C@](C)(c3ccccc3)C2=O)c1. The minimum atomic E-state index is -1.03. The maximum Gasteiger partial charge on any atom is 0.325 e. The zero-order chi connectivity index (χ0) is 18.0. The summed E-state index contributed by atoms with van der Waals surface area (Å²) < 4.78 is 5.73. The van der Waals surface area contributed by atoms with Gasteiger partial charge in [0.05, 0.1) is 6.54 Å². The molecule has 0 radical (unpaired) electrons. The molecule has 3 rings (SSSR count). The number of imide groups is 1. The van der Waals surface area contributed by atoms with Crippen LogP contribution in [0.3, 0.4) is 0 Å². The second kappa shape index (κ2) is 6.59. The lowest BCUT2D eigenvalue weighted by Crippen LogP contribution is -2.41. The molecule has 5 nitrogen and oxygen atoms in total. The van der Waals surface area contributed by atoms with Gasteiger partial charge in [0.2, 0.25) is 0 Å². The van der Waals surface area contributed by atoms with Crippen molar-refractivity contribution in [3.8, 4) is 5.75 Å². The summed E-state index contributed by atoms with van der Waals surface area (Å²) in [5.74, 6) is 0.489. The number of amides is 3. The van der Waals surface area contributed by atoms with Crippen molar-refractivity contribution < 1.29 is 14.3 Å². The summed E-state index contributed by atoms with van der Waals surface area (Å²) in [5, 5.41) is 2.80. The normalized spacial score (nSPS) is 19.9. The van der Waals surface area contributed by atoms with Crippen molar-refractivity contribution in [2.45, 2.75) is 26.3 Å². The first-order chi connectivity index (χ1) is 11.9. The highest BCUT2D eigenvalue weighted by Gasteiger charge is 2.48. The Kier molecular flexibility index (Phi) is 4.49. The zero-order valence-electron chi connectivity index (χ0n) is 14.7. The molecule has 0 aliphatic carbocycles. The van der Waals surface area contributed by atoms with Crippen molar-refractivity contribution in [2.24, 2.45) is 0 Å². The lowest BCUT2D eigenvalue weighted by molar-refractivity contribution is -0.131. The number of nitrogens with one attached hydrogen (secondary N) is 1. The summed E-state index contributed by atoms with van der Waals surface area (Å²) in [6.07, 6.45) is 0. The molecule has 0 unspecified atom stereocenters. The van der Waals surface area contributed by atoms with Gasteiger partial charge in [0.25, 0.3) is 5.91 Å². The van der Waals surface area contributed by atoms with Crippen LogP contribution in [-0.2, 0) is 10.3 Å². The Balaban J connectivity index is 1.67. The molecule has 0 saturated carbocycles. The molecule has 130 valence electrons. The molecule has 1 N–H and O–H groups in total. The molecule has 1 aliphatic rings. The van der Waals surface area contributed by atoms with Gasteiger partial charge in [-0.15, -0.1) is 0 Å². The third-order valence-corrected chi connectivity index (χ3v) is 4.40. The smallest absolute Gasteiger partial charge is 0.325 e. The maximum atomic E-state index is 12.8. The quantitative estimate of drug-likeness (QED) is 0.852. The molecular formula is C20H22N2O3. The second-order valence-corrected chi connectivity index (χ2v) is 6.55. The Labute approximate surface area is 147 Å². The van der Waals surface area contributed by atoms with Gasteiger partial charge in [0.1, 0.15) is 17.9 Å². The number of nitrogens with zero attached hydrogens (tertiary/aromatic N) is 1. The lowest BCUT2D eigenvalue weighted by atomic mass is 9.92. The van der Waals surface area contributed by atoms with E-state index in [1.807, 2.05) is 56.3 Å². The molecule has 0 aromatic heterocycles. The Morgan fingerprint density at radius 2 is 1.68 bits per heavy atom. The van der Waals surface area contributed by atoms with Crippen molar-refractivity contribution in [1.82, 2.24) is 10.2 Å². The van der Waals surface area contributed by atoms with E-state index >= 15 is 0 Å². The van der Waals surface area contributed by atoms with E-state index in [1.54, 1.807) is 6.92 Å². The molecule has 0 spiro atoms. The summed E-state index contributed by atoms with van der Waals surface area (Å²) in [6, 6.07) is 14.8. The average molecular weight is 338 g/mol. The van der Waals surface area contributed by atoms with Crippen LogP contribution in [0.5, 0.6) is 5.75 Å². The van der Waals surface area contributed by atoms with Crippen LogP contribution in [0.15, 0.2) is 48.5 Å². The van der Waals surface area contributed by atoms with Crippen molar-refractivity contribution in [3.05, 3.63) is 65.2 Å². The van der Waals surface area contributed by atoms with E-state index in [0.29, 0.717) is 0 Å². The number of benzene rings is 2. The van der Waals surface area contributed by atoms with E-state index in [-0.39, 0.29) is 25.1 Å². The summed E-state index contributed by atoms with van der Waals surface area (Å²) >= 11 is 0. The van der Waals surface area contributed by atoms with Gasteiger partial charge in [-0.2, -0.15) is 0 Å². The molecule has 0 bridgehead atoms. The zero-order valence-corrected chi connectivity index (χ0v) is 14.7. The highest BCUT2D eigenvalue weighted by Crippen LogP contribution is 2.28. The minimum Gasteiger partial charge on any atom is -0.492 e. The molecule has 1 aliphatic heterocycles. The van der Waals surface area contributed by atoms with Gasteiger partial charge in [0, 0.05) is 0 Å². The predicted molar refractivity (Wildman–Crippen MR) is 95.4 cm³/mol. The monoisotopic (exact) mass is 338 g/mol. The average Bonchev–Trinajstić information content (AvgIpc) is 2.79. The molecule has 5 heteroatoms. The first kappa shape index (κ1) is 17.0. The Bertz CT molecular complexity index is 784. The topological polar surface area (TPSA) is 58.6 Å². The van der Waals surface area contributed by atoms with Crippen LogP contribution in [0.4, 0.5) is 4.79 Å². The third-order valence-electron chi connectivity index (χ3n) is 4.40. The number of urea groups is 1. The van der Waals surface area contributed by atoms with E-state index in [0.717, 1.165) is 22.4 Å². The van der Waals surface area contributed by atoms with Gasteiger partial charge in [-0.1, -0.05) is 36.4 Å². The standard InChI is InChI=1S/C20H22N2O3/c1-14-11-15(2)13-17(12-14)25-10-9-22-18(23)20(3,21-19(22)24)16-7-5-4-6-8-16/h4-8,11-13H,9-10H2,1-3H3,(H,21,24)/t20-/m1/s1. The number of rotatable bonds is 5. The third kappa shape index (κ3) is 3.36. The van der Waals surface area contributed by atoms with E-state index in [9.17, 15) is 9.59 Å². The van der Waals surface area contributed by atoms with E-state index in [4.69, 9.17) is 4.74 Å². The number of aryl methyl sites for hydroxylation is 2. The van der Waals surface area contributed by atoms with Crippen molar-refractivity contribution in [2.75, 3.05) is 13.2 Å². The van der Waals surface area contributed by atoms with Gasteiger partial charge in [0.15, 0.2) is 0 Å². The fraction of sp³-hybridized carbons (Fsp3) is 0.300. The predicted octanol–water partition coefficient (Wildman–Crippen LogP) is 3.15. The highest BCUT2D eigenvalue weighted by atomic mass is 16.5. The molecule has 1 saturated heterocycles. The molecule has 2 aromatic rings. The first-order valence-corrected chi connectivity index (χ1v) is 8.31. The fourth-order valence-corrected chi connectivity index (χ4v) is 3.14. The molecule has 2 aromatic carbocycles. The second-order valence-electron chi connectivity index (χ2n) is 6.55. The van der Waals surface area contributed by atoms with Crippen molar-refractivity contribution in [1.29, 1.82) is 0 Å². The summed E-state index contributed by atoms with van der Waals surface area (Å²) in [4.78, 5) is 26.3. The van der Waals surface area contributed by atoms with Gasteiger partial charge in [-0.25, -0.2) is 4.79 Å². The maximum absolute atomic E-state index is 12.8. The van der Waals surface area contributed by atoms with Crippen molar-refractivity contribution in [3.63, 3.8) is 0 Å². The highest BCUT2D eigenvalue weighted by molar-refractivity contribution is 6.07. The molecule has 1 heterocycles. The van der Waals surface area contributed by atoms with E-state index in [2.05, 4.69) is 11.4 Å². The minimum absolute atomic E-state index is 0.208. The Morgan fingerprint density at radius 1 is 1.04 bits per heavy atom. The van der Waals surface area contributed by atoms with Crippen LogP contribution >= 0.6 is 0 Å². The van der Waals surface area contributed by atoms with Crippen LogP contribution in [0, 0.1) is 13.8 Å². The molecular weight excluding hydrogens is 316 g/mol. The van der Waals surface area contributed by atoms with Crippen LogP contribution in [0.1, 0.15) is 23.6 Å². The fourth-order valence-electron chi connectivity index (χ4n) is 3.14. The van der Waals surface area contributed by atoms with Gasteiger partial charge >= 0.3 is 6.03 Å². The number of carbonyl (C=O) groups excluding carboxylic acids is 2. The first-order valence-electron chi connectivity index (χ1n) is 8.31. The Hall–Kier alpha value is -2.82. The molecule has 1 atom stereocenters. The lowest BCUT2D eigenvalue weighted by Gasteiger charge is -2.22. The van der Waals surface area contributed by atoms with Gasteiger partial charge in [-0.05, 0) is 49.6 Å². The van der Waals surface area contributed by atoms with Crippen LogP contribution < -0.4 is 10.1 Å². The molecule has 25 heavy (non-hydrogen) atoms. The van der Waals surface area contributed by atoms with Crippen LogP contribution in [0.25, 0.3) is 0 Å². The largest absolute Gasteiger partial charge is 0.492 e. The number of hydrogen-bond donors (Lipinski definition) is 1. The van der Waals surface area contributed by atoms with Gasteiger partial charge in [-0.3, -0.25) is 9.69 Å². The number of ether oxygens (including phenoxy) is 1. The van der Waals surface area contributed by atoms with E-state index in [1.165, 1.54) is 4.90 Å². The van der Waals surface area contributed by atoms with Crippen molar-refractivity contribution >= 4 is 11.9 Å². The van der Waals surface area contributed by atoms with Crippen LogP contribution in [0.2, 0.25) is 0 Å². The number of hydrogen-bond acceptors (Lipinski definition) is 3. The van der Waals surface area contributed by atoms with E-state index < -0.39 is 5.54 Å². The summed E-state index contributed by atoms with van der Waals surface area (Å²) in [6.45, 7) is 6.20. The molecule has 3 amide bonds. The Morgan fingerprint density at radius 3 is 2.32 bits per heavy atom. The van der Waals surface area contributed by atoms with Crippen LogP contribution in [-0.4, -0.2) is 30.0 Å².